The van der Waals surface area contributed by atoms with E-state index in [2.05, 4.69) is 0 Å². The summed E-state index contributed by atoms with van der Waals surface area (Å²) in [6.45, 7) is 0. The molecular weight excluding hydrogens is 261 g/mol. The number of carbonyl (C=O) groups is 1. The van der Waals surface area contributed by atoms with Crippen molar-refractivity contribution in [2.24, 2.45) is 5.92 Å². The topological polar surface area (TPSA) is 78.2 Å². The maximum Gasteiger partial charge on any atom is 0.405 e. The van der Waals surface area contributed by atoms with Gasteiger partial charge < -0.3 is 4.90 Å². The number of hydrogen-bond acceptors (Lipinski definition) is 4. The third kappa shape index (κ3) is 5.53. The molecule has 0 aromatic heterocycles. The van der Waals surface area contributed by atoms with E-state index in [0.29, 0.717) is 0 Å². The SMILES string of the molecule is CN(C)C(=O)CS(=O)(=O)CC(C#N)C(F)(F)F. The van der Waals surface area contributed by atoms with Crippen LogP contribution in [-0.4, -0.2) is 51.0 Å². The Hall–Kier alpha value is -1.30. The summed E-state index contributed by atoms with van der Waals surface area (Å²) in [5, 5.41) is 8.24. The van der Waals surface area contributed by atoms with Gasteiger partial charge in [-0.3, -0.25) is 4.79 Å². The van der Waals surface area contributed by atoms with Crippen molar-refractivity contribution in [1.29, 1.82) is 5.26 Å². The average molecular weight is 272 g/mol. The second kappa shape index (κ2) is 5.35. The monoisotopic (exact) mass is 272 g/mol. The second-order valence-electron chi connectivity index (χ2n) is 3.57. The van der Waals surface area contributed by atoms with Gasteiger partial charge in [-0.25, -0.2) is 8.42 Å². The zero-order chi connectivity index (χ0) is 13.9. The molecule has 0 aromatic carbocycles. The van der Waals surface area contributed by atoms with Crippen LogP contribution in [0, 0.1) is 17.2 Å². The van der Waals surface area contributed by atoms with Crippen LogP contribution >= 0.6 is 0 Å². The van der Waals surface area contributed by atoms with E-state index in [4.69, 9.17) is 5.26 Å². The largest absolute Gasteiger partial charge is 0.405 e. The van der Waals surface area contributed by atoms with E-state index >= 15 is 0 Å². The first-order valence-electron chi connectivity index (χ1n) is 4.36. The molecule has 1 atom stereocenters. The lowest BCUT2D eigenvalue weighted by molar-refractivity contribution is -0.153. The lowest BCUT2D eigenvalue weighted by Gasteiger charge is -2.14. The predicted octanol–water partition coefficient (Wildman–Crippen LogP) is 0.191. The van der Waals surface area contributed by atoms with E-state index in [9.17, 15) is 26.4 Å². The third-order valence-electron chi connectivity index (χ3n) is 1.81. The summed E-state index contributed by atoms with van der Waals surface area (Å²) in [7, 11) is -1.69. The van der Waals surface area contributed by atoms with Gasteiger partial charge in [0, 0.05) is 14.1 Å². The minimum absolute atomic E-state index is 0.830. The molecule has 0 aliphatic carbocycles. The number of sulfone groups is 1. The molecule has 1 amide bonds. The molecule has 0 saturated heterocycles. The van der Waals surface area contributed by atoms with E-state index in [1.807, 2.05) is 0 Å². The van der Waals surface area contributed by atoms with Crippen LogP contribution in [-0.2, 0) is 14.6 Å². The number of nitriles is 1. The Morgan fingerprint density at radius 1 is 1.41 bits per heavy atom. The van der Waals surface area contributed by atoms with Crippen LogP contribution < -0.4 is 0 Å². The van der Waals surface area contributed by atoms with Gasteiger partial charge in [-0.1, -0.05) is 0 Å². The highest BCUT2D eigenvalue weighted by molar-refractivity contribution is 7.92. The van der Waals surface area contributed by atoms with Gasteiger partial charge in [-0.05, 0) is 0 Å². The van der Waals surface area contributed by atoms with Crippen molar-refractivity contribution in [2.45, 2.75) is 6.18 Å². The Labute approximate surface area is 96.7 Å². The van der Waals surface area contributed by atoms with Gasteiger partial charge in [-0.15, -0.1) is 0 Å². The Bertz CT molecular complexity index is 422. The molecule has 0 heterocycles. The smallest absolute Gasteiger partial charge is 0.348 e. The Morgan fingerprint density at radius 3 is 2.18 bits per heavy atom. The zero-order valence-corrected chi connectivity index (χ0v) is 9.97. The van der Waals surface area contributed by atoms with Gasteiger partial charge in [0.15, 0.2) is 15.8 Å². The number of carbonyl (C=O) groups excluding carboxylic acids is 1. The molecular formula is C8H11F3N2O3S. The average Bonchev–Trinajstić information content (AvgIpc) is 2.11. The molecule has 0 saturated carbocycles. The molecule has 5 nitrogen and oxygen atoms in total. The number of hydrogen-bond donors (Lipinski definition) is 0. The maximum absolute atomic E-state index is 12.2. The Morgan fingerprint density at radius 2 is 1.88 bits per heavy atom. The molecule has 98 valence electrons. The summed E-state index contributed by atoms with van der Waals surface area (Å²) in [5.41, 5.74) is 0. The van der Waals surface area contributed by atoms with Crippen molar-refractivity contribution in [1.82, 2.24) is 4.90 Å². The minimum Gasteiger partial charge on any atom is -0.348 e. The van der Waals surface area contributed by atoms with Gasteiger partial charge in [0.2, 0.25) is 5.91 Å². The van der Waals surface area contributed by atoms with Crippen molar-refractivity contribution in [2.75, 3.05) is 25.6 Å². The second-order valence-corrected chi connectivity index (χ2v) is 5.68. The zero-order valence-electron chi connectivity index (χ0n) is 9.15. The molecule has 0 spiro atoms. The van der Waals surface area contributed by atoms with Crippen LogP contribution in [0.2, 0.25) is 0 Å². The quantitative estimate of drug-likeness (QED) is 0.732. The normalized spacial score (nSPS) is 13.9. The number of rotatable bonds is 4. The van der Waals surface area contributed by atoms with Gasteiger partial charge in [0.05, 0.1) is 11.8 Å². The minimum atomic E-state index is -4.91. The van der Waals surface area contributed by atoms with Crippen molar-refractivity contribution in [3.8, 4) is 6.07 Å². The Kier molecular flexibility index (Phi) is 4.94. The highest BCUT2D eigenvalue weighted by Gasteiger charge is 2.43. The predicted molar refractivity (Wildman–Crippen MR) is 52.5 cm³/mol. The fourth-order valence-corrected chi connectivity index (χ4v) is 2.36. The van der Waals surface area contributed by atoms with Crippen LogP contribution in [0.3, 0.4) is 0 Å². The summed E-state index contributed by atoms with van der Waals surface area (Å²) in [4.78, 5) is 12.0. The highest BCUT2D eigenvalue weighted by atomic mass is 32.2. The number of halogens is 3. The maximum atomic E-state index is 12.2. The molecule has 0 aromatic rings. The van der Waals surface area contributed by atoms with Crippen molar-refractivity contribution in [3.63, 3.8) is 0 Å². The van der Waals surface area contributed by atoms with Crippen LogP contribution in [0.25, 0.3) is 0 Å². The van der Waals surface area contributed by atoms with Gasteiger partial charge in [0.25, 0.3) is 0 Å². The van der Waals surface area contributed by atoms with Crippen LogP contribution in [0.5, 0.6) is 0 Å². The fraction of sp³-hybridized carbons (Fsp3) is 0.750. The fourth-order valence-electron chi connectivity index (χ4n) is 0.835. The summed E-state index contributed by atoms with van der Waals surface area (Å²) >= 11 is 0. The van der Waals surface area contributed by atoms with Crippen LogP contribution in [0.1, 0.15) is 0 Å². The lowest BCUT2D eigenvalue weighted by Crippen LogP contribution is -2.35. The molecule has 0 bridgehead atoms. The van der Waals surface area contributed by atoms with Crippen molar-refractivity contribution in [3.05, 3.63) is 0 Å². The summed E-state index contributed by atoms with van der Waals surface area (Å²) in [6, 6.07) is 0.872. The first-order valence-corrected chi connectivity index (χ1v) is 6.18. The molecule has 0 radical (unpaired) electrons. The molecule has 0 aliphatic rings. The molecule has 0 N–H and O–H groups in total. The van der Waals surface area contributed by atoms with Crippen molar-refractivity contribution < 1.29 is 26.4 Å². The number of alkyl halides is 3. The number of nitrogens with zero attached hydrogens (tertiary/aromatic N) is 2. The molecule has 0 aliphatic heterocycles. The van der Waals surface area contributed by atoms with Gasteiger partial charge >= 0.3 is 6.18 Å². The van der Waals surface area contributed by atoms with Gasteiger partial charge in [0.1, 0.15) is 5.75 Å². The molecule has 0 rings (SSSR count). The summed E-state index contributed by atoms with van der Waals surface area (Å²) < 4.78 is 59.0. The van der Waals surface area contributed by atoms with Crippen molar-refractivity contribution >= 4 is 15.7 Å². The molecule has 17 heavy (non-hydrogen) atoms. The van der Waals surface area contributed by atoms with Gasteiger partial charge in [-0.2, -0.15) is 18.4 Å². The third-order valence-corrected chi connectivity index (χ3v) is 3.34. The first-order chi connectivity index (χ1) is 7.49. The lowest BCUT2D eigenvalue weighted by atomic mass is 10.2. The summed E-state index contributed by atoms with van der Waals surface area (Å²) in [5.74, 6) is -5.87. The molecule has 9 heteroatoms. The van der Waals surface area contributed by atoms with E-state index in [1.54, 1.807) is 0 Å². The van der Waals surface area contributed by atoms with E-state index in [-0.39, 0.29) is 0 Å². The highest BCUT2D eigenvalue weighted by Crippen LogP contribution is 2.26. The van der Waals surface area contributed by atoms with E-state index in [0.717, 1.165) is 11.0 Å². The van der Waals surface area contributed by atoms with E-state index in [1.165, 1.54) is 14.1 Å². The number of amides is 1. The van der Waals surface area contributed by atoms with Crippen LogP contribution in [0.4, 0.5) is 13.2 Å². The standard InChI is InChI=1S/C8H11F3N2O3S/c1-13(2)7(14)5-17(15,16)4-6(3-12)8(9,10)11/h6H,4-5H2,1-2H3. The molecule has 1 unspecified atom stereocenters. The Balaban J connectivity index is 4.78. The first kappa shape index (κ1) is 15.7. The molecule has 0 fully saturated rings. The van der Waals surface area contributed by atoms with E-state index < -0.39 is 39.3 Å². The summed E-state index contributed by atoms with van der Waals surface area (Å²) in [6.07, 6.45) is -4.91. The van der Waals surface area contributed by atoms with Crippen LogP contribution in [0.15, 0.2) is 0 Å².